The van der Waals surface area contributed by atoms with Crippen LogP contribution in [0.2, 0.25) is 5.02 Å². The number of benzene rings is 2. The number of hydrogen-bond donors (Lipinski definition) is 1. The van der Waals surface area contributed by atoms with Gasteiger partial charge in [-0.25, -0.2) is 0 Å². The van der Waals surface area contributed by atoms with Crippen LogP contribution >= 0.6 is 11.6 Å². The lowest BCUT2D eigenvalue weighted by Crippen LogP contribution is -2.52. The Balaban J connectivity index is 1.81. The third-order valence-electron chi connectivity index (χ3n) is 6.68. The first-order valence-electron chi connectivity index (χ1n) is 12.8. The van der Waals surface area contributed by atoms with Crippen LogP contribution in [0.4, 0.5) is 0 Å². The van der Waals surface area contributed by atoms with E-state index in [4.69, 9.17) is 16.3 Å². The highest BCUT2D eigenvalue weighted by molar-refractivity contribution is 6.31. The normalized spacial score (nSPS) is 15.3. The molecule has 0 spiro atoms. The summed E-state index contributed by atoms with van der Waals surface area (Å²) in [5.41, 5.74) is 1.72. The predicted octanol–water partition coefficient (Wildman–Crippen LogP) is 6.27. The molecule has 1 aliphatic rings. The number of carbonyl (C=O) groups is 2. The molecule has 3 rings (SSSR count). The van der Waals surface area contributed by atoms with Crippen LogP contribution in [0.5, 0.6) is 5.75 Å². The fourth-order valence-corrected chi connectivity index (χ4v) is 4.90. The predicted molar refractivity (Wildman–Crippen MR) is 142 cm³/mol. The minimum Gasteiger partial charge on any atom is -0.483 e. The maximum absolute atomic E-state index is 13.6. The molecule has 6 heteroatoms. The summed E-state index contributed by atoms with van der Waals surface area (Å²) in [6, 6.07) is 14.8. The van der Waals surface area contributed by atoms with E-state index in [9.17, 15) is 9.59 Å². The molecule has 2 aromatic rings. The molecule has 0 saturated heterocycles. The summed E-state index contributed by atoms with van der Waals surface area (Å²) in [4.78, 5) is 28.5. The van der Waals surface area contributed by atoms with Crippen molar-refractivity contribution in [2.24, 2.45) is 0 Å². The Kier molecular flexibility index (Phi) is 9.62. The Hall–Kier alpha value is -2.53. The molecule has 1 saturated carbocycles. The van der Waals surface area contributed by atoms with E-state index < -0.39 is 6.04 Å². The van der Waals surface area contributed by atoms with Crippen molar-refractivity contribution >= 4 is 23.4 Å². The summed E-state index contributed by atoms with van der Waals surface area (Å²) in [6.45, 7) is 8.38. The summed E-state index contributed by atoms with van der Waals surface area (Å²) in [5, 5.41) is 3.78. The van der Waals surface area contributed by atoms with Gasteiger partial charge in [-0.3, -0.25) is 9.59 Å². The first-order chi connectivity index (χ1) is 16.7. The Labute approximate surface area is 215 Å². The quantitative estimate of drug-likeness (QED) is 0.443. The van der Waals surface area contributed by atoms with Crippen LogP contribution in [0.1, 0.15) is 77.3 Å². The molecule has 0 bridgehead atoms. The zero-order chi connectivity index (χ0) is 25.4. The van der Waals surface area contributed by atoms with Crippen molar-refractivity contribution in [2.45, 2.75) is 90.3 Å². The number of ether oxygens (including phenoxy) is 1. The number of nitrogens with zero attached hydrogens (tertiary/aromatic N) is 1. The molecule has 0 aromatic heterocycles. The summed E-state index contributed by atoms with van der Waals surface area (Å²) in [5.74, 6) is 0.347. The van der Waals surface area contributed by atoms with Crippen LogP contribution in [0, 0.1) is 0 Å². The van der Waals surface area contributed by atoms with Gasteiger partial charge in [-0.15, -0.1) is 0 Å². The summed E-state index contributed by atoms with van der Waals surface area (Å²) < 4.78 is 6.04. The largest absolute Gasteiger partial charge is 0.483 e. The van der Waals surface area contributed by atoms with Crippen molar-refractivity contribution in [1.29, 1.82) is 0 Å². The SMILES string of the molecule is CC[C@H](C(=O)NC1CCCCC1)N(Cc1ccccc1Cl)C(=O)COc1ccccc1C(C)(C)C. The van der Waals surface area contributed by atoms with Gasteiger partial charge in [0, 0.05) is 17.6 Å². The molecular formula is C29H39ClN2O3. The van der Waals surface area contributed by atoms with E-state index in [-0.39, 0.29) is 36.4 Å². The summed E-state index contributed by atoms with van der Waals surface area (Å²) >= 11 is 6.43. The fourth-order valence-electron chi connectivity index (χ4n) is 4.71. The van der Waals surface area contributed by atoms with E-state index in [0.717, 1.165) is 36.8 Å². The van der Waals surface area contributed by atoms with E-state index >= 15 is 0 Å². The van der Waals surface area contributed by atoms with E-state index in [0.29, 0.717) is 17.2 Å². The summed E-state index contributed by atoms with van der Waals surface area (Å²) in [7, 11) is 0. The monoisotopic (exact) mass is 498 g/mol. The second-order valence-corrected chi connectivity index (χ2v) is 10.8. The van der Waals surface area contributed by atoms with Gasteiger partial charge in [-0.2, -0.15) is 0 Å². The van der Waals surface area contributed by atoms with E-state index in [1.165, 1.54) is 6.42 Å². The first-order valence-corrected chi connectivity index (χ1v) is 13.1. The molecule has 35 heavy (non-hydrogen) atoms. The van der Waals surface area contributed by atoms with Gasteiger partial charge in [0.2, 0.25) is 5.91 Å². The number of carbonyl (C=O) groups excluding carboxylic acids is 2. The van der Waals surface area contributed by atoms with Gasteiger partial charge >= 0.3 is 0 Å². The van der Waals surface area contributed by atoms with Crippen LogP contribution in [-0.4, -0.2) is 35.4 Å². The smallest absolute Gasteiger partial charge is 0.261 e. The number of halogens is 1. The van der Waals surface area contributed by atoms with Crippen molar-refractivity contribution in [2.75, 3.05) is 6.61 Å². The molecule has 1 N–H and O–H groups in total. The lowest BCUT2D eigenvalue weighted by molar-refractivity contribution is -0.143. The molecule has 1 atom stereocenters. The third kappa shape index (κ3) is 7.47. The first kappa shape index (κ1) is 27.1. The molecule has 0 unspecified atom stereocenters. The van der Waals surface area contributed by atoms with E-state index in [2.05, 4.69) is 26.1 Å². The van der Waals surface area contributed by atoms with Crippen LogP contribution in [0.3, 0.4) is 0 Å². The van der Waals surface area contributed by atoms with Gasteiger partial charge in [0.25, 0.3) is 5.91 Å². The fraction of sp³-hybridized carbons (Fsp3) is 0.517. The van der Waals surface area contributed by atoms with Crippen molar-refractivity contribution in [3.8, 4) is 5.75 Å². The Bertz CT molecular complexity index is 995. The lowest BCUT2D eigenvalue weighted by Gasteiger charge is -2.33. The van der Waals surface area contributed by atoms with E-state index in [1.807, 2.05) is 49.4 Å². The van der Waals surface area contributed by atoms with Crippen LogP contribution in [-0.2, 0) is 21.5 Å². The Morgan fingerprint density at radius 2 is 1.71 bits per heavy atom. The highest BCUT2D eigenvalue weighted by Gasteiger charge is 2.31. The Morgan fingerprint density at radius 3 is 2.37 bits per heavy atom. The molecule has 0 heterocycles. The molecule has 5 nitrogen and oxygen atoms in total. The standard InChI is InChI=1S/C29H39ClN2O3/c1-5-25(28(34)31-22-14-7-6-8-15-22)32(19-21-13-9-11-17-24(21)30)27(33)20-35-26-18-12-10-16-23(26)29(2,3)4/h9-13,16-18,22,25H,5-8,14-15,19-20H2,1-4H3,(H,31,34)/t25-/m1/s1. The second kappa shape index (κ2) is 12.4. The maximum atomic E-state index is 13.6. The minimum absolute atomic E-state index is 0.102. The molecule has 190 valence electrons. The molecule has 0 aliphatic heterocycles. The van der Waals surface area contributed by atoms with Crippen LogP contribution < -0.4 is 10.1 Å². The number of hydrogen-bond acceptors (Lipinski definition) is 3. The number of amides is 2. The lowest BCUT2D eigenvalue weighted by atomic mass is 9.86. The molecule has 2 aromatic carbocycles. The van der Waals surface area contributed by atoms with Gasteiger partial charge in [-0.1, -0.05) is 95.0 Å². The topological polar surface area (TPSA) is 58.6 Å². The van der Waals surface area contributed by atoms with Crippen molar-refractivity contribution in [1.82, 2.24) is 10.2 Å². The third-order valence-corrected chi connectivity index (χ3v) is 7.05. The van der Waals surface area contributed by atoms with Crippen molar-refractivity contribution in [3.05, 3.63) is 64.7 Å². The Morgan fingerprint density at radius 1 is 1.06 bits per heavy atom. The van der Waals surface area contributed by atoms with Gasteiger partial charge in [0.05, 0.1) is 0 Å². The molecule has 1 fully saturated rings. The van der Waals surface area contributed by atoms with Crippen LogP contribution in [0.25, 0.3) is 0 Å². The highest BCUT2D eigenvalue weighted by atomic mass is 35.5. The average Bonchev–Trinajstić information content (AvgIpc) is 2.84. The van der Waals surface area contributed by atoms with Gasteiger partial charge < -0.3 is 15.0 Å². The number of nitrogens with one attached hydrogen (secondary N) is 1. The van der Waals surface area contributed by atoms with Crippen molar-refractivity contribution in [3.63, 3.8) is 0 Å². The van der Waals surface area contributed by atoms with Gasteiger partial charge in [0.15, 0.2) is 6.61 Å². The second-order valence-electron chi connectivity index (χ2n) is 10.4. The van der Waals surface area contributed by atoms with Crippen LogP contribution in [0.15, 0.2) is 48.5 Å². The minimum atomic E-state index is -0.595. The van der Waals surface area contributed by atoms with Gasteiger partial charge in [-0.05, 0) is 47.9 Å². The zero-order valence-corrected chi connectivity index (χ0v) is 22.2. The average molecular weight is 499 g/mol. The van der Waals surface area contributed by atoms with Crippen molar-refractivity contribution < 1.29 is 14.3 Å². The molecule has 2 amide bonds. The van der Waals surface area contributed by atoms with E-state index in [1.54, 1.807) is 11.0 Å². The summed E-state index contributed by atoms with van der Waals surface area (Å²) in [6.07, 6.45) is 5.97. The number of para-hydroxylation sites is 1. The van der Waals surface area contributed by atoms with Gasteiger partial charge in [0.1, 0.15) is 11.8 Å². The zero-order valence-electron chi connectivity index (χ0n) is 21.5. The number of rotatable bonds is 9. The highest BCUT2D eigenvalue weighted by Crippen LogP contribution is 2.31. The molecular weight excluding hydrogens is 460 g/mol. The molecule has 0 radical (unpaired) electrons. The molecule has 1 aliphatic carbocycles. The maximum Gasteiger partial charge on any atom is 0.261 e.